The Bertz CT molecular complexity index is 869. The van der Waals surface area contributed by atoms with Crippen molar-refractivity contribution in [2.45, 2.75) is 13.1 Å². The monoisotopic (exact) mass is 342 g/mol. The van der Waals surface area contributed by atoms with Gasteiger partial charge in [0.15, 0.2) is 5.69 Å². The molecule has 0 unspecified atom stereocenters. The molecule has 0 aliphatic carbocycles. The van der Waals surface area contributed by atoms with Gasteiger partial charge >= 0.3 is 6.18 Å². The SMILES string of the molecule is Cc1c(Cl)c(-c2nnc(-c3cccc(C(F)(F)F)c3)o2)nn1C. The highest BCUT2D eigenvalue weighted by molar-refractivity contribution is 6.33. The van der Waals surface area contributed by atoms with Crippen molar-refractivity contribution in [3.63, 3.8) is 0 Å². The number of rotatable bonds is 2. The number of aromatic nitrogens is 4. The summed E-state index contributed by atoms with van der Waals surface area (Å²) in [6, 6.07) is 4.65. The van der Waals surface area contributed by atoms with Crippen molar-refractivity contribution in [3.8, 4) is 23.0 Å². The fraction of sp³-hybridized carbons (Fsp3) is 0.214. The zero-order chi connectivity index (χ0) is 16.8. The molecule has 3 rings (SSSR count). The summed E-state index contributed by atoms with van der Waals surface area (Å²) in [7, 11) is 1.70. The van der Waals surface area contributed by atoms with Gasteiger partial charge in [-0.3, -0.25) is 4.68 Å². The Hall–Kier alpha value is -2.35. The van der Waals surface area contributed by atoms with Crippen LogP contribution in [0, 0.1) is 6.92 Å². The summed E-state index contributed by atoms with van der Waals surface area (Å²) in [5.74, 6) is 0.0107. The van der Waals surface area contributed by atoms with Crippen molar-refractivity contribution < 1.29 is 17.6 Å². The molecule has 2 heterocycles. The summed E-state index contributed by atoms with van der Waals surface area (Å²) in [6.07, 6.45) is -4.44. The highest BCUT2D eigenvalue weighted by Gasteiger charge is 2.31. The maximum Gasteiger partial charge on any atom is 0.416 e. The molecule has 9 heteroatoms. The molecule has 0 bridgehead atoms. The Morgan fingerprint density at radius 1 is 1.17 bits per heavy atom. The van der Waals surface area contributed by atoms with Crippen molar-refractivity contribution in [1.82, 2.24) is 20.0 Å². The van der Waals surface area contributed by atoms with Crippen molar-refractivity contribution in [1.29, 1.82) is 0 Å². The van der Waals surface area contributed by atoms with E-state index in [0.717, 1.165) is 12.1 Å². The van der Waals surface area contributed by atoms with Crippen molar-refractivity contribution in [2.24, 2.45) is 7.05 Å². The molecule has 120 valence electrons. The number of hydrogen-bond donors (Lipinski definition) is 0. The zero-order valence-corrected chi connectivity index (χ0v) is 12.8. The predicted molar refractivity (Wildman–Crippen MR) is 76.7 cm³/mol. The fourth-order valence-electron chi connectivity index (χ4n) is 1.98. The Balaban J connectivity index is 2.01. The maximum atomic E-state index is 12.8. The molecule has 1 aromatic carbocycles. The van der Waals surface area contributed by atoms with E-state index >= 15 is 0 Å². The van der Waals surface area contributed by atoms with Crippen LogP contribution in [0.5, 0.6) is 0 Å². The van der Waals surface area contributed by atoms with Gasteiger partial charge in [-0.15, -0.1) is 10.2 Å². The first-order valence-electron chi connectivity index (χ1n) is 6.48. The molecule has 0 saturated heterocycles. The van der Waals surface area contributed by atoms with Crippen LogP contribution in [0.2, 0.25) is 5.02 Å². The van der Waals surface area contributed by atoms with Crippen LogP contribution in [0.15, 0.2) is 28.7 Å². The first kappa shape index (κ1) is 15.5. The average Bonchev–Trinajstić information content (AvgIpc) is 3.08. The second-order valence-electron chi connectivity index (χ2n) is 4.86. The van der Waals surface area contributed by atoms with Gasteiger partial charge in [-0.25, -0.2) is 0 Å². The molecule has 0 amide bonds. The summed E-state index contributed by atoms with van der Waals surface area (Å²) in [4.78, 5) is 0. The lowest BCUT2D eigenvalue weighted by atomic mass is 10.1. The van der Waals surface area contributed by atoms with Gasteiger partial charge < -0.3 is 4.42 Å². The maximum absolute atomic E-state index is 12.8. The molecule has 0 N–H and O–H groups in total. The van der Waals surface area contributed by atoms with Gasteiger partial charge in [-0.1, -0.05) is 17.7 Å². The predicted octanol–water partition coefficient (Wildman–Crippen LogP) is 4.12. The number of aryl methyl sites for hydroxylation is 1. The van der Waals surface area contributed by atoms with E-state index in [4.69, 9.17) is 16.0 Å². The summed E-state index contributed by atoms with van der Waals surface area (Å²) >= 11 is 6.13. The number of nitrogens with zero attached hydrogens (tertiary/aromatic N) is 4. The van der Waals surface area contributed by atoms with Gasteiger partial charge in [0, 0.05) is 12.6 Å². The van der Waals surface area contributed by atoms with Crippen molar-refractivity contribution >= 4 is 11.6 Å². The summed E-state index contributed by atoms with van der Waals surface area (Å²) < 4.78 is 45.2. The molecule has 0 spiro atoms. The molecule has 23 heavy (non-hydrogen) atoms. The Kier molecular flexibility index (Phi) is 3.63. The van der Waals surface area contributed by atoms with Crippen LogP contribution in [0.1, 0.15) is 11.3 Å². The number of hydrogen-bond acceptors (Lipinski definition) is 4. The molecule has 3 aromatic rings. The average molecular weight is 343 g/mol. The quantitative estimate of drug-likeness (QED) is 0.703. The van der Waals surface area contributed by atoms with E-state index in [2.05, 4.69) is 15.3 Å². The zero-order valence-electron chi connectivity index (χ0n) is 12.0. The standard InChI is InChI=1S/C14H10ClF3N4O/c1-7-10(15)11(21-22(7)2)13-20-19-12(23-13)8-4-3-5-9(6-8)14(16,17)18/h3-6H,1-2H3. The largest absolute Gasteiger partial charge is 0.416 e. The summed E-state index contributed by atoms with van der Waals surface area (Å²) in [5.41, 5.74) is 0.377. The first-order valence-corrected chi connectivity index (χ1v) is 6.86. The fourth-order valence-corrected chi connectivity index (χ4v) is 2.22. The molecule has 0 fully saturated rings. The Morgan fingerprint density at radius 2 is 1.87 bits per heavy atom. The van der Waals surface area contributed by atoms with Gasteiger partial charge in [0.05, 0.1) is 16.3 Å². The molecule has 0 aliphatic rings. The van der Waals surface area contributed by atoms with Crippen molar-refractivity contribution in [3.05, 3.63) is 40.5 Å². The van der Waals surface area contributed by atoms with Crippen LogP contribution in [-0.2, 0) is 13.2 Å². The van der Waals surface area contributed by atoms with Crippen LogP contribution in [0.25, 0.3) is 23.0 Å². The topological polar surface area (TPSA) is 56.7 Å². The van der Waals surface area contributed by atoms with Crippen LogP contribution in [0.3, 0.4) is 0 Å². The molecule has 0 saturated carbocycles. The van der Waals surface area contributed by atoms with Gasteiger partial charge in [0.2, 0.25) is 5.89 Å². The van der Waals surface area contributed by atoms with Crippen molar-refractivity contribution in [2.75, 3.05) is 0 Å². The number of halogens is 4. The molecule has 2 aromatic heterocycles. The van der Waals surface area contributed by atoms with E-state index < -0.39 is 11.7 Å². The van der Waals surface area contributed by atoms with E-state index in [0.29, 0.717) is 10.7 Å². The normalized spacial score (nSPS) is 11.9. The van der Waals surface area contributed by atoms with Crippen LogP contribution in [-0.4, -0.2) is 20.0 Å². The third kappa shape index (κ3) is 2.81. The lowest BCUT2D eigenvalue weighted by Gasteiger charge is -2.06. The number of benzene rings is 1. The van der Waals surface area contributed by atoms with E-state index in [1.54, 1.807) is 18.7 Å². The minimum Gasteiger partial charge on any atom is -0.414 e. The van der Waals surface area contributed by atoms with Gasteiger partial charge in [0.25, 0.3) is 5.89 Å². The summed E-state index contributed by atoms with van der Waals surface area (Å²) in [5, 5.41) is 12.1. The second kappa shape index (κ2) is 5.38. The highest BCUT2D eigenvalue weighted by Crippen LogP contribution is 2.33. The minimum atomic E-state index is -4.44. The summed E-state index contributed by atoms with van der Waals surface area (Å²) in [6.45, 7) is 1.77. The highest BCUT2D eigenvalue weighted by atomic mass is 35.5. The van der Waals surface area contributed by atoms with E-state index in [1.807, 2.05) is 0 Å². The van der Waals surface area contributed by atoms with E-state index in [1.165, 1.54) is 12.1 Å². The van der Waals surface area contributed by atoms with Gasteiger partial charge in [-0.2, -0.15) is 18.3 Å². The third-order valence-electron chi connectivity index (χ3n) is 3.33. The third-order valence-corrected chi connectivity index (χ3v) is 3.78. The lowest BCUT2D eigenvalue weighted by Crippen LogP contribution is -2.04. The number of alkyl halides is 3. The smallest absolute Gasteiger partial charge is 0.414 e. The Morgan fingerprint density at radius 3 is 2.48 bits per heavy atom. The molecular formula is C14H10ClF3N4O. The van der Waals surface area contributed by atoms with Gasteiger partial charge in [-0.05, 0) is 25.1 Å². The lowest BCUT2D eigenvalue weighted by molar-refractivity contribution is -0.137. The van der Waals surface area contributed by atoms with E-state index in [-0.39, 0.29) is 23.0 Å². The first-order chi connectivity index (χ1) is 10.8. The van der Waals surface area contributed by atoms with E-state index in [9.17, 15) is 13.2 Å². The molecular weight excluding hydrogens is 333 g/mol. The van der Waals surface area contributed by atoms with Crippen LogP contribution in [0.4, 0.5) is 13.2 Å². The van der Waals surface area contributed by atoms with Crippen LogP contribution < -0.4 is 0 Å². The molecule has 0 aliphatic heterocycles. The molecule has 0 radical (unpaired) electrons. The van der Waals surface area contributed by atoms with Crippen LogP contribution >= 0.6 is 11.6 Å². The molecule has 0 atom stereocenters. The Labute approximate surface area is 133 Å². The molecule has 5 nitrogen and oxygen atoms in total. The second-order valence-corrected chi connectivity index (χ2v) is 5.24. The minimum absolute atomic E-state index is 0.0366. The van der Waals surface area contributed by atoms with Gasteiger partial charge in [0.1, 0.15) is 0 Å².